The monoisotopic (exact) mass is 203 g/mol. The van der Waals surface area contributed by atoms with Crippen LogP contribution in [0.3, 0.4) is 0 Å². The van der Waals surface area contributed by atoms with Crippen LogP contribution in [0.15, 0.2) is 36.9 Å². The van der Waals surface area contributed by atoms with Crippen LogP contribution in [0.1, 0.15) is 22.3 Å². The summed E-state index contributed by atoms with van der Waals surface area (Å²) in [5.74, 6) is -0.144. The van der Waals surface area contributed by atoms with Crippen molar-refractivity contribution in [3.63, 3.8) is 0 Å². The van der Waals surface area contributed by atoms with E-state index in [-0.39, 0.29) is 5.91 Å². The smallest absolute Gasteiger partial charge is 0.256 e. The van der Waals surface area contributed by atoms with Crippen molar-refractivity contribution in [3.05, 3.63) is 48.0 Å². The quantitative estimate of drug-likeness (QED) is 0.740. The first kappa shape index (κ1) is 9.93. The van der Waals surface area contributed by atoms with Gasteiger partial charge in [0.25, 0.3) is 5.91 Å². The molecule has 0 aliphatic carbocycles. The van der Waals surface area contributed by atoms with Gasteiger partial charge >= 0.3 is 0 Å². The summed E-state index contributed by atoms with van der Waals surface area (Å²) >= 11 is 0. The van der Waals surface area contributed by atoms with E-state index in [0.29, 0.717) is 17.5 Å². The summed E-state index contributed by atoms with van der Waals surface area (Å²) in [4.78, 5) is 13.2. The fraction of sp³-hybridized carbons (Fsp3) is 0.250. The molecule has 0 spiro atoms. The van der Waals surface area contributed by atoms with Gasteiger partial charge < -0.3 is 10.0 Å². The van der Waals surface area contributed by atoms with Crippen molar-refractivity contribution < 1.29 is 9.90 Å². The van der Waals surface area contributed by atoms with Crippen LogP contribution in [0.2, 0.25) is 0 Å². The molecule has 2 rings (SSSR count). The number of rotatable bonds is 2. The third-order valence-corrected chi connectivity index (χ3v) is 2.88. The molecular formula is C12H13NO2. The summed E-state index contributed by atoms with van der Waals surface area (Å²) < 4.78 is 0. The molecule has 0 radical (unpaired) electrons. The average Bonchev–Trinajstić information content (AvgIpc) is 2.43. The molecule has 1 aromatic carbocycles. The fourth-order valence-electron chi connectivity index (χ4n) is 2.00. The Hall–Kier alpha value is -1.61. The minimum Gasteiger partial charge on any atom is -0.366 e. The zero-order valence-electron chi connectivity index (χ0n) is 8.60. The van der Waals surface area contributed by atoms with Gasteiger partial charge in [0.05, 0.1) is 0 Å². The first-order chi connectivity index (χ1) is 7.11. The molecule has 1 unspecified atom stereocenters. The molecule has 0 saturated carbocycles. The molecule has 0 fully saturated rings. The Kier molecular flexibility index (Phi) is 2.12. The van der Waals surface area contributed by atoms with Gasteiger partial charge in [0.15, 0.2) is 5.72 Å². The predicted molar refractivity (Wildman–Crippen MR) is 57.2 cm³/mol. The van der Waals surface area contributed by atoms with E-state index in [1.165, 1.54) is 4.90 Å². The SMILES string of the molecule is C=CCC1(O)c2ccccc2C(=O)N1C. The van der Waals surface area contributed by atoms with Crippen LogP contribution in [0.5, 0.6) is 0 Å². The lowest BCUT2D eigenvalue weighted by molar-refractivity contribution is -0.0693. The number of nitrogens with zero attached hydrogens (tertiary/aromatic N) is 1. The molecule has 78 valence electrons. The van der Waals surface area contributed by atoms with Crippen LogP contribution in [-0.4, -0.2) is 23.0 Å². The van der Waals surface area contributed by atoms with Crippen LogP contribution < -0.4 is 0 Å². The summed E-state index contributed by atoms with van der Waals surface area (Å²) in [6.07, 6.45) is 1.96. The zero-order chi connectivity index (χ0) is 11.1. The van der Waals surface area contributed by atoms with Crippen molar-refractivity contribution in [2.45, 2.75) is 12.1 Å². The van der Waals surface area contributed by atoms with E-state index in [4.69, 9.17) is 0 Å². The van der Waals surface area contributed by atoms with E-state index in [9.17, 15) is 9.90 Å². The molecule has 0 saturated heterocycles. The van der Waals surface area contributed by atoms with Gasteiger partial charge in [-0.1, -0.05) is 24.3 Å². The van der Waals surface area contributed by atoms with Crippen molar-refractivity contribution in [2.24, 2.45) is 0 Å². The molecule has 1 heterocycles. The van der Waals surface area contributed by atoms with Gasteiger partial charge in [-0.2, -0.15) is 0 Å². The highest BCUT2D eigenvalue weighted by atomic mass is 16.3. The molecule has 1 amide bonds. The Balaban J connectivity index is 2.60. The Morgan fingerprint density at radius 3 is 2.87 bits per heavy atom. The Morgan fingerprint density at radius 1 is 1.53 bits per heavy atom. The minimum atomic E-state index is -1.23. The molecule has 1 aliphatic rings. The maximum absolute atomic E-state index is 11.8. The first-order valence-electron chi connectivity index (χ1n) is 4.82. The number of benzene rings is 1. The van der Waals surface area contributed by atoms with Crippen LogP contribution in [0, 0.1) is 0 Å². The lowest BCUT2D eigenvalue weighted by Crippen LogP contribution is -2.40. The highest BCUT2D eigenvalue weighted by Gasteiger charge is 2.45. The highest BCUT2D eigenvalue weighted by Crippen LogP contribution is 2.38. The van der Waals surface area contributed by atoms with E-state index in [1.807, 2.05) is 6.07 Å². The average molecular weight is 203 g/mol. The second-order valence-electron chi connectivity index (χ2n) is 3.72. The summed E-state index contributed by atoms with van der Waals surface area (Å²) in [6.45, 7) is 3.60. The topological polar surface area (TPSA) is 40.5 Å². The number of carbonyl (C=O) groups is 1. The molecular weight excluding hydrogens is 190 g/mol. The summed E-state index contributed by atoms with van der Waals surface area (Å²) in [5.41, 5.74) is 0.0110. The molecule has 0 bridgehead atoms. The van der Waals surface area contributed by atoms with Crippen molar-refractivity contribution in [1.29, 1.82) is 0 Å². The van der Waals surface area contributed by atoms with Crippen molar-refractivity contribution in [3.8, 4) is 0 Å². The normalized spacial score (nSPS) is 24.1. The Bertz CT molecular complexity index is 427. The van der Waals surface area contributed by atoms with E-state index in [2.05, 4.69) is 6.58 Å². The van der Waals surface area contributed by atoms with Gasteiger partial charge in [0.2, 0.25) is 0 Å². The molecule has 1 N–H and O–H groups in total. The summed E-state index contributed by atoms with van der Waals surface area (Å²) in [5, 5.41) is 10.4. The Morgan fingerprint density at radius 2 is 2.20 bits per heavy atom. The van der Waals surface area contributed by atoms with E-state index < -0.39 is 5.72 Å². The van der Waals surface area contributed by atoms with Crippen LogP contribution >= 0.6 is 0 Å². The van der Waals surface area contributed by atoms with Gasteiger partial charge in [-0.15, -0.1) is 6.58 Å². The number of fused-ring (bicyclic) bond motifs is 1. The largest absolute Gasteiger partial charge is 0.366 e. The second-order valence-corrected chi connectivity index (χ2v) is 3.72. The first-order valence-corrected chi connectivity index (χ1v) is 4.82. The lowest BCUT2D eigenvalue weighted by Gasteiger charge is -2.30. The zero-order valence-corrected chi connectivity index (χ0v) is 8.60. The fourth-order valence-corrected chi connectivity index (χ4v) is 2.00. The molecule has 3 nitrogen and oxygen atoms in total. The van der Waals surface area contributed by atoms with E-state index >= 15 is 0 Å². The van der Waals surface area contributed by atoms with Gasteiger partial charge in [-0.3, -0.25) is 4.79 Å². The molecule has 0 aromatic heterocycles. The number of carbonyl (C=O) groups excluding carboxylic acids is 1. The van der Waals surface area contributed by atoms with Gasteiger partial charge in [0.1, 0.15) is 0 Å². The van der Waals surface area contributed by atoms with Crippen LogP contribution in [-0.2, 0) is 5.72 Å². The maximum atomic E-state index is 11.8. The molecule has 1 aromatic rings. The highest BCUT2D eigenvalue weighted by molar-refractivity contribution is 5.99. The second kappa shape index (κ2) is 3.21. The van der Waals surface area contributed by atoms with Gasteiger partial charge in [-0.25, -0.2) is 0 Å². The predicted octanol–water partition coefficient (Wildman–Crippen LogP) is 1.49. The number of amides is 1. The number of aliphatic hydroxyl groups is 1. The third-order valence-electron chi connectivity index (χ3n) is 2.88. The van der Waals surface area contributed by atoms with Crippen molar-refractivity contribution in [1.82, 2.24) is 4.90 Å². The van der Waals surface area contributed by atoms with Crippen LogP contribution in [0.25, 0.3) is 0 Å². The van der Waals surface area contributed by atoms with E-state index in [0.717, 1.165) is 0 Å². The lowest BCUT2D eigenvalue weighted by atomic mass is 9.98. The third kappa shape index (κ3) is 1.20. The standard InChI is InChI=1S/C12H13NO2/c1-3-8-12(15)10-7-5-4-6-9(10)11(14)13(12)2/h3-7,15H,1,8H2,2H3. The van der Waals surface area contributed by atoms with Crippen molar-refractivity contribution >= 4 is 5.91 Å². The molecule has 3 heteroatoms. The summed E-state index contributed by atoms with van der Waals surface area (Å²) in [6, 6.07) is 7.12. The minimum absolute atomic E-state index is 0.144. The summed E-state index contributed by atoms with van der Waals surface area (Å²) in [7, 11) is 1.60. The maximum Gasteiger partial charge on any atom is 0.256 e. The Labute approximate surface area is 88.6 Å². The van der Waals surface area contributed by atoms with Gasteiger partial charge in [0, 0.05) is 24.6 Å². The molecule has 1 atom stereocenters. The number of hydrogen-bond donors (Lipinski definition) is 1. The molecule has 1 aliphatic heterocycles. The van der Waals surface area contributed by atoms with Gasteiger partial charge in [-0.05, 0) is 6.07 Å². The van der Waals surface area contributed by atoms with Crippen LogP contribution in [0.4, 0.5) is 0 Å². The number of hydrogen-bond acceptors (Lipinski definition) is 2. The van der Waals surface area contributed by atoms with E-state index in [1.54, 1.807) is 31.3 Å². The van der Waals surface area contributed by atoms with Crippen molar-refractivity contribution in [2.75, 3.05) is 7.05 Å². The molecule has 15 heavy (non-hydrogen) atoms.